The molecule has 0 amide bonds. The first-order valence-corrected chi connectivity index (χ1v) is 5.93. The third-order valence-corrected chi connectivity index (χ3v) is 2.46. The molecular formula is C14H15F3N2. The van der Waals surface area contributed by atoms with Gasteiger partial charge in [-0.3, -0.25) is 0 Å². The van der Waals surface area contributed by atoms with Gasteiger partial charge in [0.15, 0.2) is 0 Å². The molecule has 0 atom stereocenters. The van der Waals surface area contributed by atoms with Crippen LogP contribution in [0, 0.1) is 6.92 Å². The highest BCUT2D eigenvalue weighted by Crippen LogP contribution is 2.33. The number of aromatic nitrogens is 2. The summed E-state index contributed by atoms with van der Waals surface area (Å²) in [5, 5.41) is 7.26. The van der Waals surface area contributed by atoms with Gasteiger partial charge in [-0.1, -0.05) is 19.9 Å². The van der Waals surface area contributed by atoms with E-state index in [1.807, 2.05) is 13.8 Å². The van der Waals surface area contributed by atoms with Crippen LogP contribution in [0.2, 0.25) is 0 Å². The number of nitrogens with zero attached hydrogens (tertiary/aromatic N) is 2. The zero-order chi connectivity index (χ0) is 14.5. The number of alkyl halides is 3. The minimum atomic E-state index is -4.33. The second kappa shape index (κ2) is 6.31. The maximum Gasteiger partial charge on any atom is 0.416 e. The Balaban J connectivity index is 0.000000861. The summed E-state index contributed by atoms with van der Waals surface area (Å²) in [7, 11) is 0. The molecule has 1 heterocycles. The Bertz CT molecular complexity index is 522. The van der Waals surface area contributed by atoms with Crippen molar-refractivity contribution in [2.45, 2.75) is 26.9 Å². The Labute approximate surface area is 110 Å². The van der Waals surface area contributed by atoms with Crippen LogP contribution in [0.4, 0.5) is 13.2 Å². The molecule has 5 heteroatoms. The van der Waals surface area contributed by atoms with Crippen LogP contribution >= 0.6 is 0 Å². The van der Waals surface area contributed by atoms with E-state index in [1.54, 1.807) is 13.0 Å². The first-order valence-electron chi connectivity index (χ1n) is 5.93. The third-order valence-electron chi connectivity index (χ3n) is 2.46. The van der Waals surface area contributed by atoms with Gasteiger partial charge in [0.25, 0.3) is 0 Å². The van der Waals surface area contributed by atoms with Crippen LogP contribution in [0.25, 0.3) is 11.1 Å². The molecule has 0 radical (unpaired) electrons. The average molecular weight is 268 g/mol. The van der Waals surface area contributed by atoms with Gasteiger partial charge >= 0.3 is 6.18 Å². The lowest BCUT2D eigenvalue weighted by atomic mass is 9.99. The van der Waals surface area contributed by atoms with Gasteiger partial charge in [0.05, 0.1) is 18.0 Å². The molecule has 102 valence electrons. The molecule has 1 aromatic heterocycles. The van der Waals surface area contributed by atoms with Crippen molar-refractivity contribution < 1.29 is 13.2 Å². The molecule has 0 aliphatic carbocycles. The van der Waals surface area contributed by atoms with Crippen molar-refractivity contribution in [1.82, 2.24) is 10.2 Å². The summed E-state index contributed by atoms with van der Waals surface area (Å²) in [4.78, 5) is 0. The molecule has 2 aromatic rings. The first kappa shape index (κ1) is 15.1. The Hall–Kier alpha value is -1.91. The van der Waals surface area contributed by atoms with Gasteiger partial charge in [-0.05, 0) is 36.2 Å². The molecule has 1 aromatic carbocycles. The largest absolute Gasteiger partial charge is 0.416 e. The van der Waals surface area contributed by atoms with E-state index in [4.69, 9.17) is 0 Å². The number of halogens is 3. The van der Waals surface area contributed by atoms with Crippen molar-refractivity contribution in [2.24, 2.45) is 0 Å². The standard InChI is InChI=1S/C12H9F3N2.C2H6/c1-8-2-3-10(12(13,14)15)6-11(8)9-4-5-16-17-7-9;1-2/h2-7H,1H3;1-2H3. The highest BCUT2D eigenvalue weighted by atomic mass is 19.4. The minimum Gasteiger partial charge on any atom is -0.166 e. The van der Waals surface area contributed by atoms with Crippen LogP contribution in [-0.2, 0) is 6.18 Å². The van der Waals surface area contributed by atoms with E-state index in [1.165, 1.54) is 18.5 Å². The molecule has 0 unspecified atom stereocenters. The summed E-state index contributed by atoms with van der Waals surface area (Å²) in [6.07, 6.45) is -1.43. The highest BCUT2D eigenvalue weighted by Gasteiger charge is 2.30. The molecular weight excluding hydrogens is 253 g/mol. The summed E-state index contributed by atoms with van der Waals surface area (Å²) in [5.41, 5.74) is 1.26. The first-order chi connectivity index (χ1) is 8.98. The van der Waals surface area contributed by atoms with Gasteiger partial charge in [0.2, 0.25) is 0 Å². The predicted molar refractivity (Wildman–Crippen MR) is 68.6 cm³/mol. The predicted octanol–water partition coefficient (Wildman–Crippen LogP) is 4.50. The number of aryl methyl sites for hydroxylation is 1. The van der Waals surface area contributed by atoms with E-state index >= 15 is 0 Å². The van der Waals surface area contributed by atoms with Crippen molar-refractivity contribution in [3.05, 3.63) is 47.8 Å². The van der Waals surface area contributed by atoms with Gasteiger partial charge in [-0.2, -0.15) is 23.4 Å². The topological polar surface area (TPSA) is 25.8 Å². The molecule has 0 aliphatic rings. The van der Waals surface area contributed by atoms with E-state index in [2.05, 4.69) is 10.2 Å². The average Bonchev–Trinajstić information content (AvgIpc) is 2.41. The quantitative estimate of drug-likeness (QED) is 0.761. The lowest BCUT2D eigenvalue weighted by molar-refractivity contribution is -0.137. The van der Waals surface area contributed by atoms with Gasteiger partial charge in [0.1, 0.15) is 0 Å². The van der Waals surface area contributed by atoms with E-state index in [-0.39, 0.29) is 0 Å². The van der Waals surface area contributed by atoms with E-state index in [0.29, 0.717) is 11.1 Å². The lowest BCUT2D eigenvalue weighted by Gasteiger charge is -2.11. The Morgan fingerprint density at radius 2 is 1.68 bits per heavy atom. The van der Waals surface area contributed by atoms with Gasteiger partial charge < -0.3 is 0 Å². The Morgan fingerprint density at radius 1 is 1.00 bits per heavy atom. The number of rotatable bonds is 1. The number of hydrogen-bond donors (Lipinski definition) is 0. The second-order valence-corrected chi connectivity index (χ2v) is 3.66. The smallest absolute Gasteiger partial charge is 0.166 e. The maximum atomic E-state index is 12.6. The van der Waals surface area contributed by atoms with Crippen LogP contribution in [0.3, 0.4) is 0 Å². The Kier molecular flexibility index (Phi) is 5.03. The molecule has 0 saturated carbocycles. The van der Waals surface area contributed by atoms with E-state index < -0.39 is 11.7 Å². The van der Waals surface area contributed by atoms with Gasteiger partial charge in [-0.25, -0.2) is 0 Å². The fraction of sp³-hybridized carbons (Fsp3) is 0.286. The van der Waals surface area contributed by atoms with E-state index in [9.17, 15) is 13.2 Å². The summed E-state index contributed by atoms with van der Waals surface area (Å²) in [5.74, 6) is 0. The third kappa shape index (κ3) is 3.77. The molecule has 0 bridgehead atoms. The van der Waals surface area contributed by atoms with Crippen LogP contribution in [-0.4, -0.2) is 10.2 Å². The molecule has 0 N–H and O–H groups in total. The fourth-order valence-electron chi connectivity index (χ4n) is 1.56. The molecule has 0 aliphatic heterocycles. The molecule has 0 spiro atoms. The molecule has 0 fully saturated rings. The summed E-state index contributed by atoms with van der Waals surface area (Å²) < 4.78 is 37.8. The van der Waals surface area contributed by atoms with Crippen LogP contribution in [0.1, 0.15) is 25.0 Å². The van der Waals surface area contributed by atoms with Crippen molar-refractivity contribution in [3.63, 3.8) is 0 Å². The number of hydrogen-bond acceptors (Lipinski definition) is 2. The monoisotopic (exact) mass is 268 g/mol. The highest BCUT2D eigenvalue weighted by molar-refractivity contribution is 5.66. The van der Waals surface area contributed by atoms with Gasteiger partial charge in [-0.15, -0.1) is 0 Å². The maximum absolute atomic E-state index is 12.6. The minimum absolute atomic E-state index is 0.523. The summed E-state index contributed by atoms with van der Waals surface area (Å²) >= 11 is 0. The summed E-state index contributed by atoms with van der Waals surface area (Å²) in [6, 6.07) is 5.30. The molecule has 2 rings (SSSR count). The molecule has 2 nitrogen and oxygen atoms in total. The zero-order valence-corrected chi connectivity index (χ0v) is 11.0. The van der Waals surface area contributed by atoms with Gasteiger partial charge in [0, 0.05) is 5.56 Å². The fourth-order valence-corrected chi connectivity index (χ4v) is 1.56. The summed E-state index contributed by atoms with van der Waals surface area (Å²) in [6.45, 7) is 5.76. The van der Waals surface area contributed by atoms with Crippen molar-refractivity contribution >= 4 is 0 Å². The second-order valence-electron chi connectivity index (χ2n) is 3.66. The van der Waals surface area contributed by atoms with Crippen molar-refractivity contribution in [1.29, 1.82) is 0 Å². The lowest BCUT2D eigenvalue weighted by Crippen LogP contribution is -2.05. The molecule has 0 saturated heterocycles. The van der Waals surface area contributed by atoms with Crippen molar-refractivity contribution in [2.75, 3.05) is 0 Å². The normalized spacial score (nSPS) is 10.6. The number of benzene rings is 1. The van der Waals surface area contributed by atoms with Crippen LogP contribution in [0.5, 0.6) is 0 Å². The zero-order valence-electron chi connectivity index (χ0n) is 11.0. The molecule has 19 heavy (non-hydrogen) atoms. The SMILES string of the molecule is CC.Cc1ccc(C(F)(F)F)cc1-c1ccnnc1. The van der Waals surface area contributed by atoms with Crippen LogP contribution in [0.15, 0.2) is 36.7 Å². The van der Waals surface area contributed by atoms with Crippen LogP contribution < -0.4 is 0 Å². The Morgan fingerprint density at radius 3 is 2.21 bits per heavy atom. The van der Waals surface area contributed by atoms with E-state index in [0.717, 1.165) is 17.7 Å². The van der Waals surface area contributed by atoms with Crippen molar-refractivity contribution in [3.8, 4) is 11.1 Å².